The van der Waals surface area contributed by atoms with Crippen molar-refractivity contribution in [2.75, 3.05) is 12.4 Å². The van der Waals surface area contributed by atoms with Crippen molar-refractivity contribution in [1.29, 1.82) is 0 Å². The number of carbonyl (C=O) groups is 2. The Morgan fingerprint density at radius 3 is 2.42 bits per heavy atom. The molecule has 0 fully saturated rings. The van der Waals surface area contributed by atoms with Crippen molar-refractivity contribution in [1.82, 2.24) is 4.72 Å². The predicted molar refractivity (Wildman–Crippen MR) is 88.5 cm³/mol. The van der Waals surface area contributed by atoms with Gasteiger partial charge >= 0.3 is 5.97 Å². The zero-order valence-corrected chi connectivity index (χ0v) is 14.8. The van der Waals surface area contributed by atoms with Gasteiger partial charge in [-0.15, -0.1) is 0 Å². The first kappa shape index (κ1) is 19.9. The van der Waals surface area contributed by atoms with E-state index in [4.69, 9.17) is 4.74 Å². The van der Waals surface area contributed by atoms with E-state index in [0.717, 1.165) is 0 Å². The van der Waals surface area contributed by atoms with E-state index in [9.17, 15) is 23.1 Å². The van der Waals surface area contributed by atoms with Crippen LogP contribution in [0.2, 0.25) is 0 Å². The van der Waals surface area contributed by atoms with Crippen LogP contribution in [-0.2, 0) is 19.6 Å². The topological polar surface area (TPSA) is 122 Å². The molecule has 1 amide bonds. The highest BCUT2D eigenvalue weighted by molar-refractivity contribution is 7.89. The number of anilines is 1. The Hall–Kier alpha value is -2.13. The number of sulfonamides is 1. The zero-order chi connectivity index (χ0) is 18.5. The molecule has 1 rings (SSSR count). The second kappa shape index (κ2) is 8.11. The third kappa shape index (κ3) is 4.93. The monoisotopic (exact) mass is 358 g/mol. The molecule has 24 heavy (non-hydrogen) atoms. The van der Waals surface area contributed by atoms with Crippen LogP contribution in [0.3, 0.4) is 0 Å². The minimum Gasteiger partial charge on any atom is -0.495 e. The summed E-state index contributed by atoms with van der Waals surface area (Å²) in [5.41, 5.74) is 0.263. The molecule has 0 bridgehead atoms. The highest BCUT2D eigenvalue weighted by Gasteiger charge is 2.31. The summed E-state index contributed by atoms with van der Waals surface area (Å²) in [4.78, 5) is 22.3. The Bertz CT molecular complexity index is 717. The van der Waals surface area contributed by atoms with Crippen LogP contribution in [0.1, 0.15) is 27.2 Å². The maximum Gasteiger partial charge on any atom is 0.322 e. The third-order valence-corrected chi connectivity index (χ3v) is 5.00. The lowest BCUT2D eigenvalue weighted by molar-refractivity contribution is -0.140. The largest absolute Gasteiger partial charge is 0.495 e. The Balaban J connectivity index is 3.29. The summed E-state index contributed by atoms with van der Waals surface area (Å²) < 4.78 is 32.5. The number of carboxylic acids is 1. The molecular weight excluding hydrogens is 336 g/mol. The lowest BCUT2D eigenvalue weighted by atomic mass is 10.0. The number of rotatable bonds is 8. The van der Waals surface area contributed by atoms with E-state index in [1.54, 1.807) is 13.8 Å². The highest BCUT2D eigenvalue weighted by Crippen LogP contribution is 2.28. The molecule has 0 aromatic heterocycles. The van der Waals surface area contributed by atoms with Crippen molar-refractivity contribution in [3.05, 3.63) is 18.2 Å². The van der Waals surface area contributed by atoms with Gasteiger partial charge < -0.3 is 15.2 Å². The lowest BCUT2D eigenvalue weighted by Gasteiger charge is -2.21. The van der Waals surface area contributed by atoms with Gasteiger partial charge in [0.05, 0.1) is 7.11 Å². The third-order valence-electron chi connectivity index (χ3n) is 3.53. The van der Waals surface area contributed by atoms with E-state index in [0.29, 0.717) is 6.42 Å². The van der Waals surface area contributed by atoms with Crippen LogP contribution < -0.4 is 14.8 Å². The fraction of sp³-hybridized carbons (Fsp3) is 0.467. The first-order valence-corrected chi connectivity index (χ1v) is 8.81. The van der Waals surface area contributed by atoms with Crippen LogP contribution in [0, 0.1) is 5.92 Å². The summed E-state index contributed by atoms with van der Waals surface area (Å²) in [5, 5.41) is 11.7. The van der Waals surface area contributed by atoms with Crippen LogP contribution in [0.5, 0.6) is 5.75 Å². The van der Waals surface area contributed by atoms with Crippen molar-refractivity contribution in [2.45, 2.75) is 38.1 Å². The molecule has 0 unspecified atom stereocenters. The summed E-state index contributed by atoms with van der Waals surface area (Å²) >= 11 is 0. The second-order valence-electron chi connectivity index (χ2n) is 5.37. The molecule has 0 heterocycles. The normalized spacial score (nSPS) is 13.8. The Kier molecular flexibility index (Phi) is 6.73. The minimum absolute atomic E-state index is 0.0462. The number of benzene rings is 1. The van der Waals surface area contributed by atoms with E-state index in [-0.39, 0.29) is 22.2 Å². The molecule has 2 atom stereocenters. The van der Waals surface area contributed by atoms with Crippen LogP contribution in [0.25, 0.3) is 0 Å². The molecule has 9 heteroatoms. The molecular formula is C15H22N2O6S. The summed E-state index contributed by atoms with van der Waals surface area (Å²) in [6, 6.07) is 2.83. The summed E-state index contributed by atoms with van der Waals surface area (Å²) in [6.07, 6.45) is 0.489. The van der Waals surface area contributed by atoms with Crippen molar-refractivity contribution in [3.8, 4) is 5.75 Å². The number of amides is 1. The summed E-state index contributed by atoms with van der Waals surface area (Å²) in [6.45, 7) is 4.71. The maximum atomic E-state index is 12.6. The number of aliphatic carboxylic acids is 1. The highest BCUT2D eigenvalue weighted by atomic mass is 32.2. The van der Waals surface area contributed by atoms with Crippen LogP contribution in [-0.4, -0.2) is 38.6 Å². The van der Waals surface area contributed by atoms with Crippen LogP contribution in [0.15, 0.2) is 23.1 Å². The van der Waals surface area contributed by atoms with Gasteiger partial charge in [-0.3, -0.25) is 9.59 Å². The molecule has 1 aromatic carbocycles. The molecule has 0 spiro atoms. The average molecular weight is 358 g/mol. The number of carbonyl (C=O) groups excluding carboxylic acids is 1. The van der Waals surface area contributed by atoms with E-state index in [1.807, 2.05) is 0 Å². The lowest BCUT2D eigenvalue weighted by Crippen LogP contribution is -2.44. The predicted octanol–water partition coefficient (Wildman–Crippen LogP) is 1.43. The summed E-state index contributed by atoms with van der Waals surface area (Å²) in [5.74, 6) is -1.98. The zero-order valence-electron chi connectivity index (χ0n) is 14.0. The van der Waals surface area contributed by atoms with Gasteiger partial charge in [0.2, 0.25) is 15.9 Å². The second-order valence-corrected chi connectivity index (χ2v) is 7.05. The van der Waals surface area contributed by atoms with Gasteiger partial charge in [-0.05, 0) is 24.1 Å². The van der Waals surface area contributed by atoms with Crippen LogP contribution >= 0.6 is 0 Å². The molecule has 0 saturated carbocycles. The average Bonchev–Trinajstić information content (AvgIpc) is 2.51. The molecule has 3 N–H and O–H groups in total. The molecule has 1 aromatic rings. The molecule has 134 valence electrons. The molecule has 0 radical (unpaired) electrons. The maximum absolute atomic E-state index is 12.6. The van der Waals surface area contributed by atoms with Gasteiger partial charge in [-0.2, -0.15) is 4.72 Å². The number of nitrogens with one attached hydrogen (secondary N) is 2. The van der Waals surface area contributed by atoms with Gasteiger partial charge in [-0.25, -0.2) is 8.42 Å². The SMILES string of the molecule is CC[C@H](C)[C@H](NS(=O)(=O)c1cc(NC(C)=O)ccc1OC)C(=O)O. The van der Waals surface area contributed by atoms with E-state index in [1.165, 1.54) is 32.2 Å². The number of ether oxygens (including phenoxy) is 1. The Morgan fingerprint density at radius 2 is 1.96 bits per heavy atom. The van der Waals surface area contributed by atoms with Gasteiger partial charge in [0.15, 0.2) is 0 Å². The first-order valence-electron chi connectivity index (χ1n) is 7.33. The summed E-state index contributed by atoms with van der Waals surface area (Å²) in [7, 11) is -2.87. The van der Waals surface area contributed by atoms with E-state index < -0.39 is 28.0 Å². The fourth-order valence-electron chi connectivity index (χ4n) is 2.04. The van der Waals surface area contributed by atoms with E-state index >= 15 is 0 Å². The van der Waals surface area contributed by atoms with Crippen molar-refractivity contribution in [2.24, 2.45) is 5.92 Å². The first-order chi connectivity index (χ1) is 11.1. The van der Waals surface area contributed by atoms with Gasteiger partial charge in [0.1, 0.15) is 16.7 Å². The van der Waals surface area contributed by atoms with Gasteiger partial charge in [0, 0.05) is 12.6 Å². The fourth-order valence-corrected chi connectivity index (χ4v) is 3.54. The number of carboxylic acid groups (broad SMARTS) is 1. The standard InChI is InChI=1S/C15H22N2O6S/c1-5-9(2)14(15(19)20)17-24(21,22)13-8-11(16-10(3)18)6-7-12(13)23-4/h6-9,14,17H,5H2,1-4H3,(H,16,18)(H,19,20)/t9-,14-/m0/s1. The quantitative estimate of drug-likeness (QED) is 0.646. The van der Waals surface area contributed by atoms with Gasteiger partial charge in [0.25, 0.3) is 0 Å². The van der Waals surface area contributed by atoms with Crippen molar-refractivity contribution < 1.29 is 27.9 Å². The Labute approximate surface area is 141 Å². The Morgan fingerprint density at radius 1 is 1.33 bits per heavy atom. The minimum atomic E-state index is -4.17. The number of hydrogen-bond donors (Lipinski definition) is 3. The smallest absolute Gasteiger partial charge is 0.322 e. The number of methoxy groups -OCH3 is 1. The molecule has 0 aliphatic carbocycles. The number of hydrogen-bond acceptors (Lipinski definition) is 5. The molecule has 0 aliphatic rings. The van der Waals surface area contributed by atoms with Gasteiger partial charge in [-0.1, -0.05) is 20.3 Å². The van der Waals surface area contributed by atoms with E-state index in [2.05, 4.69) is 10.0 Å². The molecule has 0 aliphatic heterocycles. The van der Waals surface area contributed by atoms with Crippen molar-refractivity contribution in [3.63, 3.8) is 0 Å². The molecule has 0 saturated heterocycles. The van der Waals surface area contributed by atoms with Crippen molar-refractivity contribution >= 4 is 27.6 Å². The van der Waals surface area contributed by atoms with Crippen LogP contribution in [0.4, 0.5) is 5.69 Å². The molecule has 8 nitrogen and oxygen atoms in total.